The van der Waals surface area contributed by atoms with Gasteiger partial charge in [-0.1, -0.05) is 47.5 Å². The summed E-state index contributed by atoms with van der Waals surface area (Å²) in [5.41, 5.74) is 2.95. The lowest BCUT2D eigenvalue weighted by atomic mass is 10.1. The fourth-order valence-corrected chi connectivity index (χ4v) is 4.16. The van der Waals surface area contributed by atoms with Crippen LogP contribution in [0.3, 0.4) is 0 Å². The highest BCUT2D eigenvalue weighted by atomic mass is 35.5. The number of amides is 4. The van der Waals surface area contributed by atoms with Gasteiger partial charge >= 0.3 is 6.03 Å². The number of aryl methyl sites for hydroxylation is 1. The first-order chi connectivity index (χ1) is 18.2. The van der Waals surface area contributed by atoms with Crippen molar-refractivity contribution in [3.8, 4) is 11.5 Å². The molecule has 1 saturated heterocycles. The van der Waals surface area contributed by atoms with Crippen LogP contribution in [0.1, 0.15) is 23.6 Å². The van der Waals surface area contributed by atoms with E-state index in [2.05, 4.69) is 10.6 Å². The van der Waals surface area contributed by atoms with Crippen molar-refractivity contribution in [2.75, 3.05) is 18.5 Å². The summed E-state index contributed by atoms with van der Waals surface area (Å²) < 4.78 is 11.6. The zero-order valence-electron chi connectivity index (χ0n) is 20.7. The summed E-state index contributed by atoms with van der Waals surface area (Å²) in [7, 11) is 0. The predicted molar refractivity (Wildman–Crippen MR) is 146 cm³/mol. The SMILES string of the molecule is CCOc1cc(/C=C2/NC(=O)N(CC(=O)Nc3cccc(C)c3)C2=O)cc(Cl)c1OCc1ccc(Cl)cc1. The molecule has 0 spiro atoms. The number of ether oxygens (including phenoxy) is 2. The Morgan fingerprint density at radius 1 is 1.05 bits per heavy atom. The second-order valence-electron chi connectivity index (χ2n) is 8.48. The van der Waals surface area contributed by atoms with Gasteiger partial charge in [-0.05, 0) is 73.0 Å². The van der Waals surface area contributed by atoms with E-state index in [-0.39, 0.29) is 17.3 Å². The molecule has 4 amide bonds. The molecule has 10 heteroatoms. The third kappa shape index (κ3) is 6.65. The van der Waals surface area contributed by atoms with Crippen molar-refractivity contribution in [1.82, 2.24) is 10.2 Å². The van der Waals surface area contributed by atoms with E-state index >= 15 is 0 Å². The molecule has 196 valence electrons. The zero-order chi connectivity index (χ0) is 27.2. The molecule has 0 saturated carbocycles. The number of carbonyl (C=O) groups is 3. The predicted octanol–water partition coefficient (Wildman–Crippen LogP) is 5.81. The molecule has 0 unspecified atom stereocenters. The number of nitrogens with one attached hydrogen (secondary N) is 2. The Morgan fingerprint density at radius 3 is 2.53 bits per heavy atom. The van der Waals surface area contributed by atoms with Gasteiger partial charge in [0, 0.05) is 10.7 Å². The van der Waals surface area contributed by atoms with Gasteiger partial charge in [0.05, 0.1) is 11.6 Å². The van der Waals surface area contributed by atoms with Gasteiger partial charge in [0.15, 0.2) is 11.5 Å². The van der Waals surface area contributed by atoms with Crippen LogP contribution in [0.25, 0.3) is 6.08 Å². The Hall–Kier alpha value is -4.01. The lowest BCUT2D eigenvalue weighted by Gasteiger charge is -2.15. The van der Waals surface area contributed by atoms with Crippen LogP contribution in [0.4, 0.5) is 10.5 Å². The first-order valence-electron chi connectivity index (χ1n) is 11.8. The summed E-state index contributed by atoms with van der Waals surface area (Å²) in [5.74, 6) is -0.399. The summed E-state index contributed by atoms with van der Waals surface area (Å²) in [4.78, 5) is 38.7. The highest BCUT2D eigenvalue weighted by molar-refractivity contribution is 6.32. The molecule has 3 aromatic carbocycles. The van der Waals surface area contributed by atoms with Crippen molar-refractivity contribution >= 4 is 52.8 Å². The monoisotopic (exact) mass is 553 g/mol. The van der Waals surface area contributed by atoms with Gasteiger partial charge in [-0.3, -0.25) is 9.59 Å². The number of halogens is 2. The quantitative estimate of drug-likeness (QED) is 0.257. The summed E-state index contributed by atoms with van der Waals surface area (Å²) in [6.45, 7) is 3.88. The number of imide groups is 1. The number of rotatable bonds is 9. The van der Waals surface area contributed by atoms with Gasteiger partial charge in [0.1, 0.15) is 18.8 Å². The maximum absolute atomic E-state index is 12.9. The van der Waals surface area contributed by atoms with Crippen molar-refractivity contribution in [2.45, 2.75) is 20.5 Å². The van der Waals surface area contributed by atoms with Crippen molar-refractivity contribution in [2.24, 2.45) is 0 Å². The van der Waals surface area contributed by atoms with E-state index in [4.69, 9.17) is 32.7 Å². The van der Waals surface area contributed by atoms with E-state index < -0.39 is 24.4 Å². The molecular weight excluding hydrogens is 529 g/mol. The molecule has 0 aliphatic carbocycles. The number of urea groups is 1. The van der Waals surface area contributed by atoms with Crippen molar-refractivity contribution in [3.05, 3.63) is 93.1 Å². The van der Waals surface area contributed by atoms with Crippen LogP contribution in [0.5, 0.6) is 11.5 Å². The standard InChI is InChI=1S/C28H25Cl2N3O5/c1-3-37-24-14-19(12-22(30)26(24)38-16-18-7-9-20(29)10-8-18)13-23-27(35)33(28(36)32-23)15-25(34)31-21-6-4-5-17(2)11-21/h4-14H,3,15-16H2,1-2H3,(H,31,34)(H,32,36)/b23-13+. The molecule has 0 radical (unpaired) electrons. The molecule has 38 heavy (non-hydrogen) atoms. The Kier molecular flexibility index (Phi) is 8.55. The van der Waals surface area contributed by atoms with E-state index in [1.165, 1.54) is 6.08 Å². The van der Waals surface area contributed by atoms with Crippen LogP contribution in [-0.4, -0.2) is 35.9 Å². The van der Waals surface area contributed by atoms with Crippen LogP contribution in [-0.2, 0) is 16.2 Å². The Labute approximate surface area is 230 Å². The van der Waals surface area contributed by atoms with Crippen molar-refractivity contribution in [1.29, 1.82) is 0 Å². The smallest absolute Gasteiger partial charge is 0.329 e. The van der Waals surface area contributed by atoms with Gasteiger partial charge in [-0.25, -0.2) is 9.69 Å². The molecule has 0 aromatic heterocycles. The molecule has 3 aromatic rings. The molecule has 0 atom stereocenters. The van der Waals surface area contributed by atoms with Crippen LogP contribution in [0.2, 0.25) is 10.0 Å². The molecule has 1 fully saturated rings. The number of anilines is 1. The van der Waals surface area contributed by atoms with Crippen LogP contribution in [0.15, 0.2) is 66.4 Å². The number of nitrogens with zero attached hydrogens (tertiary/aromatic N) is 1. The summed E-state index contributed by atoms with van der Waals surface area (Å²) in [6.07, 6.45) is 1.47. The van der Waals surface area contributed by atoms with E-state index in [9.17, 15) is 14.4 Å². The van der Waals surface area contributed by atoms with E-state index in [1.54, 1.807) is 42.5 Å². The van der Waals surface area contributed by atoms with E-state index in [0.29, 0.717) is 34.4 Å². The second-order valence-corrected chi connectivity index (χ2v) is 9.32. The molecule has 0 bridgehead atoms. The van der Waals surface area contributed by atoms with E-state index in [1.807, 2.05) is 32.0 Å². The first-order valence-corrected chi connectivity index (χ1v) is 12.5. The molecule has 1 aliphatic heterocycles. The van der Waals surface area contributed by atoms with Crippen LogP contribution < -0.4 is 20.1 Å². The molecular formula is C28H25Cl2N3O5. The van der Waals surface area contributed by atoms with Gasteiger partial charge < -0.3 is 20.1 Å². The van der Waals surface area contributed by atoms with Crippen LogP contribution in [0, 0.1) is 6.92 Å². The maximum atomic E-state index is 12.9. The minimum atomic E-state index is -0.695. The third-order valence-corrected chi connectivity index (χ3v) is 6.04. The van der Waals surface area contributed by atoms with Crippen molar-refractivity contribution < 1.29 is 23.9 Å². The largest absolute Gasteiger partial charge is 0.490 e. The summed E-state index contributed by atoms with van der Waals surface area (Å²) in [6, 6.07) is 17.0. The number of benzene rings is 3. The lowest BCUT2D eigenvalue weighted by molar-refractivity contribution is -0.127. The lowest BCUT2D eigenvalue weighted by Crippen LogP contribution is -2.38. The third-order valence-electron chi connectivity index (χ3n) is 5.50. The molecule has 1 aliphatic rings. The highest BCUT2D eigenvalue weighted by Crippen LogP contribution is 2.38. The van der Waals surface area contributed by atoms with Gasteiger partial charge in [0.2, 0.25) is 5.91 Å². The number of hydrogen-bond donors (Lipinski definition) is 2. The number of carbonyl (C=O) groups excluding carboxylic acids is 3. The van der Waals surface area contributed by atoms with Gasteiger partial charge in [0.25, 0.3) is 5.91 Å². The fourth-order valence-electron chi connectivity index (χ4n) is 3.76. The van der Waals surface area contributed by atoms with Gasteiger partial charge in [-0.15, -0.1) is 0 Å². The Morgan fingerprint density at radius 2 is 1.82 bits per heavy atom. The van der Waals surface area contributed by atoms with Crippen LogP contribution >= 0.6 is 23.2 Å². The molecule has 1 heterocycles. The number of hydrogen-bond acceptors (Lipinski definition) is 5. The van der Waals surface area contributed by atoms with Crippen molar-refractivity contribution in [3.63, 3.8) is 0 Å². The average Bonchev–Trinajstić information content (AvgIpc) is 3.12. The molecule has 2 N–H and O–H groups in total. The summed E-state index contributed by atoms with van der Waals surface area (Å²) in [5, 5.41) is 6.09. The molecule has 4 rings (SSSR count). The van der Waals surface area contributed by atoms with Gasteiger partial charge in [-0.2, -0.15) is 0 Å². The minimum Gasteiger partial charge on any atom is -0.490 e. The topological polar surface area (TPSA) is 97.0 Å². The first kappa shape index (κ1) is 27.0. The average molecular weight is 554 g/mol. The fraction of sp³-hybridized carbons (Fsp3) is 0.179. The highest BCUT2D eigenvalue weighted by Gasteiger charge is 2.35. The second kappa shape index (κ2) is 12.0. The maximum Gasteiger partial charge on any atom is 0.329 e. The Balaban J connectivity index is 1.48. The normalized spacial score (nSPS) is 14.0. The van der Waals surface area contributed by atoms with E-state index in [0.717, 1.165) is 16.0 Å². The minimum absolute atomic E-state index is 0.00621. The Bertz CT molecular complexity index is 1410. The summed E-state index contributed by atoms with van der Waals surface area (Å²) >= 11 is 12.4. The zero-order valence-corrected chi connectivity index (χ0v) is 22.2. The molecule has 8 nitrogen and oxygen atoms in total.